The highest BCUT2D eigenvalue weighted by atomic mass is 16.3. The zero-order valence-electron chi connectivity index (χ0n) is 10.3. The largest absolute Gasteiger partial charge is 0.468 e. The van der Waals surface area contributed by atoms with Gasteiger partial charge in [0.05, 0.1) is 12.3 Å². The Labute approximate surface area is 103 Å². The second-order valence-electron chi connectivity index (χ2n) is 5.41. The maximum atomic E-state index is 5.98. The third-order valence-corrected chi connectivity index (χ3v) is 4.53. The molecule has 3 heteroatoms. The van der Waals surface area contributed by atoms with Crippen LogP contribution in [0.1, 0.15) is 43.9 Å². The Hall–Kier alpha value is -0.800. The lowest BCUT2D eigenvalue weighted by molar-refractivity contribution is 0.0605. The van der Waals surface area contributed by atoms with Crippen molar-refractivity contribution in [2.75, 3.05) is 13.1 Å². The average Bonchev–Trinajstić information content (AvgIpc) is 3.00. The molecule has 3 rings (SSSR count). The van der Waals surface area contributed by atoms with E-state index in [-0.39, 0.29) is 6.04 Å². The van der Waals surface area contributed by atoms with Gasteiger partial charge in [-0.1, -0.05) is 6.42 Å². The fraction of sp³-hybridized carbons (Fsp3) is 0.714. The number of fused-ring (bicyclic) bond motifs is 1. The van der Waals surface area contributed by atoms with Crippen LogP contribution in [0.15, 0.2) is 22.8 Å². The lowest BCUT2D eigenvalue weighted by atomic mass is 9.90. The Kier molecular flexibility index (Phi) is 3.21. The van der Waals surface area contributed by atoms with E-state index in [1.54, 1.807) is 6.26 Å². The molecule has 1 saturated heterocycles. The first-order valence-electron chi connectivity index (χ1n) is 6.89. The van der Waals surface area contributed by atoms with Gasteiger partial charge in [-0.05, 0) is 50.3 Å². The highest BCUT2D eigenvalue weighted by Gasteiger charge is 2.38. The van der Waals surface area contributed by atoms with Crippen molar-refractivity contribution in [1.29, 1.82) is 0 Å². The lowest BCUT2D eigenvalue weighted by Gasteiger charge is -2.41. The quantitative estimate of drug-likeness (QED) is 0.874. The molecule has 1 saturated carbocycles. The summed E-state index contributed by atoms with van der Waals surface area (Å²) >= 11 is 0. The number of rotatable bonds is 3. The van der Waals surface area contributed by atoms with E-state index in [0.717, 1.165) is 17.7 Å². The molecular formula is C14H22N2O. The van der Waals surface area contributed by atoms with E-state index in [1.165, 1.54) is 38.6 Å². The van der Waals surface area contributed by atoms with E-state index >= 15 is 0 Å². The predicted octanol–water partition coefficient (Wildman–Crippen LogP) is 2.54. The van der Waals surface area contributed by atoms with Gasteiger partial charge in [0.1, 0.15) is 5.76 Å². The predicted molar refractivity (Wildman–Crippen MR) is 67.6 cm³/mol. The van der Waals surface area contributed by atoms with Crippen LogP contribution in [-0.4, -0.2) is 24.0 Å². The maximum absolute atomic E-state index is 5.98. The van der Waals surface area contributed by atoms with Crippen LogP contribution in [0.25, 0.3) is 0 Å². The van der Waals surface area contributed by atoms with Crippen LogP contribution in [0, 0.1) is 5.92 Å². The van der Waals surface area contributed by atoms with Gasteiger partial charge in [-0.25, -0.2) is 0 Å². The first-order chi connectivity index (χ1) is 8.40. The Balaban J connectivity index is 1.81. The van der Waals surface area contributed by atoms with Gasteiger partial charge in [0.2, 0.25) is 0 Å². The van der Waals surface area contributed by atoms with Gasteiger partial charge in [0.15, 0.2) is 0 Å². The Morgan fingerprint density at radius 1 is 1.35 bits per heavy atom. The summed E-state index contributed by atoms with van der Waals surface area (Å²) in [5.74, 6) is 1.95. The molecule has 2 aliphatic rings. The molecule has 0 bridgehead atoms. The highest BCUT2D eigenvalue weighted by molar-refractivity contribution is 5.07. The van der Waals surface area contributed by atoms with Crippen LogP contribution in [0.3, 0.4) is 0 Å². The third-order valence-electron chi connectivity index (χ3n) is 4.53. The Bertz CT molecular complexity index is 349. The summed E-state index contributed by atoms with van der Waals surface area (Å²) in [7, 11) is 0. The molecule has 0 radical (unpaired) electrons. The number of likely N-dealkylation sites (tertiary alicyclic amines) is 1. The van der Waals surface area contributed by atoms with Gasteiger partial charge in [-0.2, -0.15) is 0 Å². The van der Waals surface area contributed by atoms with Crippen molar-refractivity contribution < 1.29 is 4.42 Å². The maximum Gasteiger partial charge on any atom is 0.122 e. The van der Waals surface area contributed by atoms with Gasteiger partial charge in [0, 0.05) is 12.6 Å². The first kappa shape index (κ1) is 11.3. The van der Waals surface area contributed by atoms with Crippen molar-refractivity contribution in [1.82, 2.24) is 4.90 Å². The molecule has 0 aromatic carbocycles. The molecule has 3 atom stereocenters. The van der Waals surface area contributed by atoms with E-state index in [9.17, 15) is 0 Å². The molecular weight excluding hydrogens is 212 g/mol. The number of nitrogens with zero attached hydrogens (tertiary/aromatic N) is 1. The van der Waals surface area contributed by atoms with Crippen LogP contribution in [0.2, 0.25) is 0 Å². The van der Waals surface area contributed by atoms with Crippen molar-refractivity contribution in [3.8, 4) is 0 Å². The summed E-state index contributed by atoms with van der Waals surface area (Å²) < 4.78 is 5.57. The van der Waals surface area contributed by atoms with Crippen molar-refractivity contribution in [3.05, 3.63) is 24.2 Å². The first-order valence-corrected chi connectivity index (χ1v) is 6.89. The van der Waals surface area contributed by atoms with Gasteiger partial charge >= 0.3 is 0 Å². The van der Waals surface area contributed by atoms with Gasteiger partial charge < -0.3 is 10.2 Å². The molecule has 0 amide bonds. The van der Waals surface area contributed by atoms with Gasteiger partial charge in [0.25, 0.3) is 0 Å². The van der Waals surface area contributed by atoms with E-state index in [0.29, 0.717) is 6.54 Å². The topological polar surface area (TPSA) is 42.4 Å². The summed E-state index contributed by atoms with van der Waals surface area (Å²) in [4.78, 5) is 2.61. The number of hydrogen-bond donors (Lipinski definition) is 1. The fourth-order valence-electron chi connectivity index (χ4n) is 3.78. The van der Waals surface area contributed by atoms with Gasteiger partial charge in [-0.15, -0.1) is 0 Å². The smallest absolute Gasteiger partial charge is 0.122 e. The van der Waals surface area contributed by atoms with Crippen molar-refractivity contribution in [2.24, 2.45) is 11.7 Å². The van der Waals surface area contributed by atoms with Crippen LogP contribution in [0.5, 0.6) is 0 Å². The molecule has 17 heavy (non-hydrogen) atoms. The second-order valence-corrected chi connectivity index (χ2v) is 5.41. The molecule has 2 heterocycles. The zero-order valence-corrected chi connectivity index (χ0v) is 10.3. The van der Waals surface area contributed by atoms with Crippen LogP contribution >= 0.6 is 0 Å². The standard InChI is InChI=1S/C14H22N2O/c15-10-13(14-7-3-9-17-14)16-8-2-5-11-4-1-6-12(11)16/h3,7,9,11-13H,1-2,4-6,8,10,15H2. The molecule has 3 nitrogen and oxygen atoms in total. The summed E-state index contributed by atoms with van der Waals surface area (Å²) in [6.45, 7) is 1.85. The fourth-order valence-corrected chi connectivity index (χ4v) is 3.78. The van der Waals surface area contributed by atoms with E-state index in [4.69, 9.17) is 10.2 Å². The number of hydrogen-bond acceptors (Lipinski definition) is 3. The van der Waals surface area contributed by atoms with Crippen LogP contribution < -0.4 is 5.73 Å². The van der Waals surface area contributed by atoms with Crippen LogP contribution in [0.4, 0.5) is 0 Å². The van der Waals surface area contributed by atoms with E-state index in [2.05, 4.69) is 11.0 Å². The summed E-state index contributed by atoms with van der Waals surface area (Å²) in [6.07, 6.45) is 8.64. The summed E-state index contributed by atoms with van der Waals surface area (Å²) in [5, 5.41) is 0. The molecule has 1 aliphatic carbocycles. The normalized spacial score (nSPS) is 31.4. The molecule has 1 aromatic rings. The monoisotopic (exact) mass is 234 g/mol. The molecule has 3 unspecified atom stereocenters. The zero-order chi connectivity index (χ0) is 11.7. The Morgan fingerprint density at radius 2 is 2.24 bits per heavy atom. The molecule has 2 fully saturated rings. The summed E-state index contributed by atoms with van der Waals surface area (Å²) in [6, 6.07) is 5.07. The van der Waals surface area contributed by atoms with Crippen molar-refractivity contribution >= 4 is 0 Å². The molecule has 0 spiro atoms. The molecule has 1 aromatic heterocycles. The van der Waals surface area contributed by atoms with E-state index < -0.39 is 0 Å². The molecule has 2 N–H and O–H groups in total. The second kappa shape index (κ2) is 4.83. The third kappa shape index (κ3) is 2.02. The summed E-state index contributed by atoms with van der Waals surface area (Å²) in [5.41, 5.74) is 5.98. The average molecular weight is 234 g/mol. The molecule has 1 aliphatic heterocycles. The number of piperidine rings is 1. The Morgan fingerprint density at radius 3 is 3.00 bits per heavy atom. The minimum absolute atomic E-state index is 0.288. The minimum atomic E-state index is 0.288. The van der Waals surface area contributed by atoms with Crippen molar-refractivity contribution in [2.45, 2.75) is 44.2 Å². The molecule has 94 valence electrons. The number of furan rings is 1. The lowest BCUT2D eigenvalue weighted by Crippen LogP contribution is -2.46. The SMILES string of the molecule is NCC(c1ccco1)N1CCCC2CCCC21. The highest BCUT2D eigenvalue weighted by Crippen LogP contribution is 2.40. The van der Waals surface area contributed by atoms with Crippen molar-refractivity contribution in [3.63, 3.8) is 0 Å². The number of nitrogens with two attached hydrogens (primary N) is 1. The van der Waals surface area contributed by atoms with Crippen LogP contribution in [-0.2, 0) is 0 Å². The van der Waals surface area contributed by atoms with E-state index in [1.807, 2.05) is 6.07 Å². The van der Waals surface area contributed by atoms with Gasteiger partial charge in [-0.3, -0.25) is 4.90 Å². The minimum Gasteiger partial charge on any atom is -0.468 e.